The van der Waals surface area contributed by atoms with Gasteiger partial charge in [-0.3, -0.25) is 29.2 Å². The standard InChI is InChI=1S/C54H67FN14O7S2/c1-32-33(2)64-65-46(32)63-47-38-26-43(78(74,75)53(3,4)5)42(27-39(38)60-31-61-47)76-25-9-17-66-21-23-68(24-22-66)52-58-28-36(29-59-52)49(71)67-19-15-34(16-20-67)44(54(6,57-7)51(56)73)50(72)69-18-8-10-41(69)48-62-40(30-77-48)45(70)35-11-13-37(55)14-12-35/h11-14,26-31,34,41,44,57H,8-10,15-25H2,1-7H3,(H2,56,73)(H2,60,61,63,64,65)/t41-,44+,54?/m0/s1. The quantitative estimate of drug-likeness (QED) is 0.0586. The van der Waals surface area contributed by atoms with E-state index in [1.54, 1.807) is 74.4 Å². The number of carbonyl (C=O) groups is 4. The average Bonchev–Trinajstić information content (AvgIpc) is 4.21. The minimum atomic E-state index is -3.85. The fraction of sp³-hybridized carbons (Fsp3) is 0.481. The van der Waals surface area contributed by atoms with E-state index >= 15 is 0 Å². The number of nitrogens with one attached hydrogen (secondary N) is 3. The predicted octanol–water partition coefficient (Wildman–Crippen LogP) is 5.79. The van der Waals surface area contributed by atoms with Crippen molar-refractivity contribution in [1.82, 2.24) is 55.1 Å². The Kier molecular flexibility index (Phi) is 16.3. The van der Waals surface area contributed by atoms with Crippen molar-refractivity contribution in [2.75, 3.05) is 76.2 Å². The molecule has 3 aliphatic heterocycles. The van der Waals surface area contributed by atoms with Crippen LogP contribution in [0.25, 0.3) is 10.9 Å². The maximum absolute atomic E-state index is 14.8. The molecule has 6 aromatic rings. The number of sulfone groups is 1. The molecule has 0 spiro atoms. The molecular weight excluding hydrogens is 1040 g/mol. The monoisotopic (exact) mass is 1110 g/mol. The third kappa shape index (κ3) is 11.3. The van der Waals surface area contributed by atoms with Gasteiger partial charge < -0.3 is 35.8 Å². The molecule has 9 rings (SSSR count). The van der Waals surface area contributed by atoms with Crippen molar-refractivity contribution in [2.24, 2.45) is 17.6 Å². The Morgan fingerprint density at radius 2 is 1.62 bits per heavy atom. The summed E-state index contributed by atoms with van der Waals surface area (Å²) >= 11 is 1.29. The van der Waals surface area contributed by atoms with E-state index in [4.69, 9.17) is 10.5 Å². The number of aromatic amines is 1. The Morgan fingerprint density at radius 1 is 0.910 bits per heavy atom. The Bertz CT molecular complexity index is 3300. The number of halogens is 1. The number of piperidine rings is 1. The van der Waals surface area contributed by atoms with Crippen LogP contribution in [0.2, 0.25) is 0 Å². The van der Waals surface area contributed by atoms with Crippen LogP contribution < -0.4 is 26.0 Å². The summed E-state index contributed by atoms with van der Waals surface area (Å²) in [5.41, 5.74) is 7.85. The van der Waals surface area contributed by atoms with E-state index in [0.29, 0.717) is 116 Å². The molecule has 0 bridgehead atoms. The molecule has 0 saturated carbocycles. The smallest absolute Gasteiger partial charge is 0.256 e. The van der Waals surface area contributed by atoms with Crippen molar-refractivity contribution in [2.45, 2.75) is 94.9 Å². The number of anilines is 3. The Hall–Kier alpha value is -7.02. The summed E-state index contributed by atoms with van der Waals surface area (Å²) in [5, 5.41) is 16.4. The molecule has 3 aliphatic rings. The van der Waals surface area contributed by atoms with Gasteiger partial charge in [0.15, 0.2) is 15.7 Å². The van der Waals surface area contributed by atoms with Crippen LogP contribution in [0.1, 0.15) is 109 Å². The molecule has 3 atom stereocenters. The van der Waals surface area contributed by atoms with Crippen molar-refractivity contribution in [1.29, 1.82) is 0 Å². The number of ether oxygens (including phenoxy) is 1. The number of likely N-dealkylation sites (N-methyl/N-ethyl adjacent to an activating group) is 1. The minimum Gasteiger partial charge on any atom is -0.492 e. The minimum absolute atomic E-state index is 0.0659. The van der Waals surface area contributed by atoms with E-state index < -0.39 is 43.8 Å². The number of fused-ring (bicyclic) bond motifs is 1. The number of carbonyl (C=O) groups excluding carboxylic acids is 4. The van der Waals surface area contributed by atoms with Gasteiger partial charge in [-0.15, -0.1) is 11.3 Å². The van der Waals surface area contributed by atoms with E-state index in [1.807, 2.05) is 13.8 Å². The number of primary amides is 1. The first kappa shape index (κ1) is 55.7. The molecule has 21 nitrogen and oxygen atoms in total. The van der Waals surface area contributed by atoms with Crippen LogP contribution in [-0.2, 0) is 19.4 Å². The summed E-state index contributed by atoms with van der Waals surface area (Å²) in [7, 11) is -2.23. The highest BCUT2D eigenvalue weighted by atomic mass is 32.2. The largest absolute Gasteiger partial charge is 0.492 e. The first-order chi connectivity index (χ1) is 37.2. The zero-order valence-electron chi connectivity index (χ0n) is 45.0. The summed E-state index contributed by atoms with van der Waals surface area (Å²) in [5.74, 6) is -1.31. The molecule has 3 amide bonds. The van der Waals surface area contributed by atoms with Crippen molar-refractivity contribution >= 4 is 73.2 Å². The molecule has 0 aliphatic carbocycles. The predicted molar refractivity (Wildman–Crippen MR) is 293 cm³/mol. The number of aryl methyl sites for hydroxylation is 1. The lowest BCUT2D eigenvalue weighted by atomic mass is 9.71. The molecule has 2 aromatic carbocycles. The molecule has 3 fully saturated rings. The number of amides is 3. The third-order valence-corrected chi connectivity index (χ3v) is 19.1. The molecule has 414 valence electrons. The summed E-state index contributed by atoms with van der Waals surface area (Å²) in [4.78, 5) is 85.8. The average molecular weight is 1110 g/mol. The second-order valence-electron chi connectivity index (χ2n) is 21.4. The van der Waals surface area contributed by atoms with Crippen molar-refractivity contribution in [3.8, 4) is 5.75 Å². The summed E-state index contributed by atoms with van der Waals surface area (Å²) in [6, 6.07) is 8.12. The first-order valence-corrected chi connectivity index (χ1v) is 28.6. The molecule has 7 heterocycles. The molecule has 24 heteroatoms. The Labute approximate surface area is 456 Å². The number of thiazole rings is 1. The van der Waals surface area contributed by atoms with E-state index in [9.17, 15) is 32.0 Å². The van der Waals surface area contributed by atoms with Gasteiger partial charge in [-0.25, -0.2) is 37.7 Å². The van der Waals surface area contributed by atoms with E-state index in [-0.39, 0.29) is 46.5 Å². The highest BCUT2D eigenvalue weighted by Crippen LogP contribution is 2.42. The van der Waals surface area contributed by atoms with Gasteiger partial charge in [0.25, 0.3) is 5.91 Å². The molecular formula is C54H67FN14O7S2. The molecule has 1 unspecified atom stereocenters. The zero-order valence-corrected chi connectivity index (χ0v) is 46.6. The molecule has 4 aromatic heterocycles. The van der Waals surface area contributed by atoms with Gasteiger partial charge in [-0.1, -0.05) is 0 Å². The number of piperazine rings is 1. The summed E-state index contributed by atoms with van der Waals surface area (Å²) in [6.07, 6.45) is 7.37. The number of hydrogen-bond acceptors (Lipinski definition) is 18. The maximum atomic E-state index is 14.8. The first-order valence-electron chi connectivity index (χ1n) is 26.3. The zero-order chi connectivity index (χ0) is 55.7. The van der Waals surface area contributed by atoms with E-state index in [2.05, 4.69) is 55.6 Å². The summed E-state index contributed by atoms with van der Waals surface area (Å²) < 4.78 is 46.7. The van der Waals surface area contributed by atoms with E-state index in [0.717, 1.165) is 24.3 Å². The van der Waals surface area contributed by atoms with Crippen LogP contribution in [0, 0.1) is 31.5 Å². The van der Waals surface area contributed by atoms with Gasteiger partial charge in [0, 0.05) is 98.4 Å². The molecule has 3 saturated heterocycles. The fourth-order valence-corrected chi connectivity index (χ4v) is 12.8. The van der Waals surface area contributed by atoms with Crippen LogP contribution >= 0.6 is 11.3 Å². The lowest BCUT2D eigenvalue weighted by Gasteiger charge is -2.44. The van der Waals surface area contributed by atoms with Gasteiger partial charge in [-0.05, 0) is 117 Å². The number of hydrogen-bond donors (Lipinski definition) is 4. The van der Waals surface area contributed by atoms with Gasteiger partial charge in [-0.2, -0.15) is 5.10 Å². The highest BCUT2D eigenvalue weighted by molar-refractivity contribution is 7.92. The number of benzene rings is 2. The number of nitrogens with zero attached hydrogens (tertiary/aromatic N) is 10. The number of nitrogens with two attached hydrogens (primary N) is 1. The van der Waals surface area contributed by atoms with Crippen LogP contribution in [0.5, 0.6) is 5.75 Å². The van der Waals surface area contributed by atoms with Crippen LogP contribution in [0.4, 0.5) is 22.0 Å². The van der Waals surface area contributed by atoms with Crippen LogP contribution in [-0.4, -0.2) is 158 Å². The number of H-pyrrole nitrogens is 1. The fourth-order valence-electron chi connectivity index (χ4n) is 10.5. The Morgan fingerprint density at radius 3 is 2.26 bits per heavy atom. The van der Waals surface area contributed by atoms with E-state index in [1.165, 1.54) is 41.9 Å². The second kappa shape index (κ2) is 22.8. The molecule has 0 radical (unpaired) electrons. The number of ketones is 1. The Balaban J connectivity index is 0.778. The van der Waals surface area contributed by atoms with Crippen LogP contribution in [0.15, 0.2) is 65.4 Å². The van der Waals surface area contributed by atoms with Crippen LogP contribution in [0.3, 0.4) is 0 Å². The number of rotatable bonds is 18. The van der Waals surface area contributed by atoms with Gasteiger partial charge in [0.2, 0.25) is 23.5 Å². The maximum Gasteiger partial charge on any atom is 0.256 e. The van der Waals surface area contributed by atoms with Gasteiger partial charge in [0.1, 0.15) is 44.8 Å². The SMILES string of the molecule is CNC(C)(C(N)=O)[C@@H](C(=O)N1CCC[C@H]1c1nc(C(=O)c2ccc(F)cc2)cs1)C1CCN(C(=O)c2cnc(N3CCN(CCCOc4cc5ncnc(Nc6n[nH]c(C)c6C)c5cc4S(=O)(=O)C(C)(C)C)CC3)nc2)CC1. The molecule has 78 heavy (non-hydrogen) atoms. The van der Waals surface area contributed by atoms with Crippen molar-refractivity contribution in [3.05, 3.63) is 99.4 Å². The number of likely N-dealkylation sites (tertiary alicyclic amines) is 2. The normalized spacial score (nSPS) is 18.0. The van der Waals surface area contributed by atoms with Crippen molar-refractivity contribution < 1.29 is 36.7 Å². The second-order valence-corrected chi connectivity index (χ2v) is 25.0. The summed E-state index contributed by atoms with van der Waals surface area (Å²) in [6.45, 7) is 15.4. The van der Waals surface area contributed by atoms with Crippen molar-refractivity contribution in [3.63, 3.8) is 0 Å². The van der Waals surface area contributed by atoms with Gasteiger partial charge >= 0.3 is 0 Å². The highest BCUT2D eigenvalue weighted by Gasteiger charge is 2.51. The topological polar surface area (TPSA) is 268 Å². The third-order valence-electron chi connectivity index (χ3n) is 15.6. The lowest BCUT2D eigenvalue weighted by Crippen LogP contribution is -2.63. The lowest BCUT2D eigenvalue weighted by molar-refractivity contribution is -0.147. The molecule has 5 N–H and O–H groups in total. The van der Waals surface area contributed by atoms with Gasteiger partial charge in [0.05, 0.1) is 34.4 Å². The number of aromatic nitrogens is 7.